The Balaban J connectivity index is 1.16. The van der Waals surface area contributed by atoms with Crippen molar-refractivity contribution in [2.45, 2.75) is 25.4 Å². The number of carbonyl (C=O) groups excluding carboxylic acids is 1. The fourth-order valence-corrected chi connectivity index (χ4v) is 5.38. The number of pyridine rings is 1. The molecule has 1 N–H and O–H groups in total. The summed E-state index contributed by atoms with van der Waals surface area (Å²) < 4.78 is 50.1. The highest BCUT2D eigenvalue weighted by Crippen LogP contribution is 2.27. The molecule has 3 aromatic carbocycles. The molecule has 0 atom stereocenters. The Kier molecular flexibility index (Phi) is 8.99. The number of aromatic nitrogens is 1. The molecular formula is C31H31FN4O5S. The van der Waals surface area contributed by atoms with Gasteiger partial charge >= 0.3 is 6.09 Å². The zero-order valence-electron chi connectivity index (χ0n) is 23.0. The minimum absolute atomic E-state index is 0.0716. The van der Waals surface area contributed by atoms with Gasteiger partial charge in [0.15, 0.2) is 0 Å². The second-order valence-corrected chi connectivity index (χ2v) is 11.8. The average molecular weight is 591 g/mol. The number of carbonyl (C=O) groups is 1. The lowest BCUT2D eigenvalue weighted by molar-refractivity contribution is 0.182. The molecule has 1 fully saturated rings. The third kappa shape index (κ3) is 8.05. The zero-order valence-corrected chi connectivity index (χ0v) is 23.8. The Labute approximate surface area is 244 Å². The lowest BCUT2D eigenvalue weighted by Gasteiger charge is -2.38. The monoisotopic (exact) mass is 590 g/mol. The summed E-state index contributed by atoms with van der Waals surface area (Å²) in [4.78, 5) is 21.6. The summed E-state index contributed by atoms with van der Waals surface area (Å²) in [7, 11) is -3.34. The normalized spacial score (nSPS) is 14.2. The first-order valence-electron chi connectivity index (χ1n) is 13.5. The number of benzene rings is 3. The maximum atomic E-state index is 13.7. The van der Waals surface area contributed by atoms with Crippen LogP contribution in [-0.2, 0) is 16.6 Å². The van der Waals surface area contributed by atoms with Gasteiger partial charge in [-0.1, -0.05) is 30.3 Å². The van der Waals surface area contributed by atoms with Crippen molar-refractivity contribution in [3.8, 4) is 17.4 Å². The lowest BCUT2D eigenvalue weighted by atomic mass is 10.0. The number of rotatable bonds is 9. The van der Waals surface area contributed by atoms with Gasteiger partial charge in [-0.25, -0.2) is 22.6 Å². The van der Waals surface area contributed by atoms with Crippen LogP contribution in [0, 0.1) is 5.82 Å². The van der Waals surface area contributed by atoms with Crippen LogP contribution in [0.4, 0.5) is 20.6 Å². The highest BCUT2D eigenvalue weighted by Gasteiger charge is 2.30. The number of likely N-dealkylation sites (tertiary alicyclic amines) is 1. The first kappa shape index (κ1) is 29.0. The molecule has 9 nitrogen and oxygen atoms in total. The molecule has 0 radical (unpaired) electrons. The van der Waals surface area contributed by atoms with Gasteiger partial charge in [-0.2, -0.15) is 0 Å². The molecule has 0 aliphatic carbocycles. The zero-order chi connectivity index (χ0) is 29.5. The summed E-state index contributed by atoms with van der Waals surface area (Å²) in [5.41, 5.74) is 2.21. The smallest absolute Gasteiger partial charge is 0.420 e. The Morgan fingerprint density at radius 2 is 1.71 bits per heavy atom. The third-order valence-corrected chi connectivity index (χ3v) is 7.34. The molecule has 11 heteroatoms. The number of piperidine rings is 1. The van der Waals surface area contributed by atoms with Gasteiger partial charge in [0.25, 0.3) is 0 Å². The minimum Gasteiger partial charge on any atom is -0.439 e. The van der Waals surface area contributed by atoms with E-state index < -0.39 is 21.9 Å². The van der Waals surface area contributed by atoms with Crippen LogP contribution >= 0.6 is 0 Å². The number of nitrogens with one attached hydrogen (secondary N) is 1. The third-order valence-electron chi connectivity index (χ3n) is 6.74. The number of halogens is 1. The van der Waals surface area contributed by atoms with Crippen LogP contribution in [0.25, 0.3) is 0 Å². The molecule has 0 unspecified atom stereocenters. The molecule has 0 saturated carbocycles. The van der Waals surface area contributed by atoms with E-state index >= 15 is 0 Å². The molecule has 1 aliphatic heterocycles. The van der Waals surface area contributed by atoms with Gasteiger partial charge < -0.3 is 9.47 Å². The van der Waals surface area contributed by atoms with Crippen LogP contribution in [0.15, 0.2) is 97.2 Å². The van der Waals surface area contributed by atoms with E-state index in [1.165, 1.54) is 18.2 Å². The SMILES string of the molecule is CS(=O)(=O)Nc1ccc(Oc2ccc(CN3CCC(N(C(=O)Oc4cccc(F)c4)c4ccccc4)CC3)cn2)cc1. The maximum Gasteiger partial charge on any atom is 0.420 e. The number of para-hydroxylation sites is 1. The Hall–Kier alpha value is -4.48. The Morgan fingerprint density at radius 1 is 0.976 bits per heavy atom. The number of nitrogens with zero attached hydrogens (tertiary/aromatic N) is 3. The fourth-order valence-electron chi connectivity index (χ4n) is 4.82. The van der Waals surface area contributed by atoms with E-state index in [9.17, 15) is 17.6 Å². The van der Waals surface area contributed by atoms with Crippen molar-refractivity contribution >= 4 is 27.5 Å². The van der Waals surface area contributed by atoms with Crippen LogP contribution in [0.1, 0.15) is 18.4 Å². The van der Waals surface area contributed by atoms with Crippen molar-refractivity contribution < 1.29 is 27.1 Å². The van der Waals surface area contributed by atoms with E-state index in [1.807, 2.05) is 36.4 Å². The van der Waals surface area contributed by atoms with Gasteiger partial charge in [-0.3, -0.25) is 14.5 Å². The Bertz CT molecular complexity index is 1590. The van der Waals surface area contributed by atoms with E-state index in [2.05, 4.69) is 14.6 Å². The van der Waals surface area contributed by atoms with Crippen molar-refractivity contribution in [2.24, 2.45) is 0 Å². The van der Waals surface area contributed by atoms with Crippen LogP contribution in [0.5, 0.6) is 17.4 Å². The molecule has 218 valence electrons. The van der Waals surface area contributed by atoms with E-state index in [0.717, 1.165) is 43.4 Å². The van der Waals surface area contributed by atoms with Crippen LogP contribution < -0.4 is 19.1 Å². The number of hydrogen-bond donors (Lipinski definition) is 1. The standard InChI is InChI=1S/C31H31FN4O5S/c1-42(38,39)34-25-11-13-28(14-12-25)40-30-15-10-23(21-33-30)22-35-18-16-27(17-19-35)36(26-7-3-2-4-8-26)31(37)41-29-9-5-6-24(32)20-29/h2-15,20-21,27,34H,16-19,22H2,1H3. The molecule has 1 aliphatic rings. The van der Waals surface area contributed by atoms with Gasteiger partial charge in [-0.15, -0.1) is 0 Å². The van der Waals surface area contributed by atoms with Crippen molar-refractivity contribution in [1.29, 1.82) is 0 Å². The molecule has 5 rings (SSSR count). The molecule has 42 heavy (non-hydrogen) atoms. The maximum absolute atomic E-state index is 13.7. The summed E-state index contributed by atoms with van der Waals surface area (Å²) >= 11 is 0. The predicted octanol–water partition coefficient (Wildman–Crippen LogP) is 6.05. The Morgan fingerprint density at radius 3 is 2.36 bits per heavy atom. The van der Waals surface area contributed by atoms with Gasteiger partial charge in [-0.05, 0) is 66.9 Å². The van der Waals surface area contributed by atoms with E-state index in [-0.39, 0.29) is 11.8 Å². The first-order chi connectivity index (χ1) is 20.2. The number of hydrogen-bond acceptors (Lipinski definition) is 7. The quantitative estimate of drug-likeness (QED) is 0.253. The number of sulfonamides is 1. The predicted molar refractivity (Wildman–Crippen MR) is 159 cm³/mol. The van der Waals surface area contributed by atoms with Crippen LogP contribution in [0.2, 0.25) is 0 Å². The summed E-state index contributed by atoms with van der Waals surface area (Å²) in [6.45, 7) is 2.24. The van der Waals surface area contributed by atoms with Crippen molar-refractivity contribution in [1.82, 2.24) is 9.88 Å². The second-order valence-electron chi connectivity index (χ2n) is 10.0. The molecule has 4 aromatic rings. The number of amides is 1. The number of ether oxygens (including phenoxy) is 2. The minimum atomic E-state index is -3.34. The molecular weight excluding hydrogens is 559 g/mol. The van der Waals surface area contributed by atoms with Crippen molar-refractivity contribution in [3.63, 3.8) is 0 Å². The average Bonchev–Trinajstić information content (AvgIpc) is 2.96. The van der Waals surface area contributed by atoms with Crippen molar-refractivity contribution in [3.05, 3.63) is 109 Å². The highest BCUT2D eigenvalue weighted by atomic mass is 32.2. The molecule has 0 bridgehead atoms. The first-order valence-corrected chi connectivity index (χ1v) is 15.4. The number of anilines is 2. The van der Waals surface area contributed by atoms with Gasteiger partial charge in [0.05, 0.1) is 6.26 Å². The summed E-state index contributed by atoms with van der Waals surface area (Å²) in [6, 6.07) is 25.2. The van der Waals surface area contributed by atoms with Crippen LogP contribution in [-0.4, -0.2) is 49.8 Å². The lowest BCUT2D eigenvalue weighted by Crippen LogP contribution is -2.48. The topological polar surface area (TPSA) is 101 Å². The van der Waals surface area contributed by atoms with Gasteiger partial charge in [0.1, 0.15) is 17.3 Å². The van der Waals surface area contributed by atoms with E-state index in [4.69, 9.17) is 9.47 Å². The summed E-state index contributed by atoms with van der Waals surface area (Å²) in [5, 5.41) is 0. The van der Waals surface area contributed by atoms with Gasteiger partial charge in [0.2, 0.25) is 15.9 Å². The van der Waals surface area contributed by atoms with Crippen molar-refractivity contribution in [2.75, 3.05) is 29.0 Å². The molecule has 1 saturated heterocycles. The van der Waals surface area contributed by atoms with Crippen LogP contribution in [0.3, 0.4) is 0 Å². The molecule has 0 spiro atoms. The highest BCUT2D eigenvalue weighted by molar-refractivity contribution is 7.92. The van der Waals surface area contributed by atoms with Gasteiger partial charge in [0, 0.05) is 55.4 Å². The molecule has 2 heterocycles. The van der Waals surface area contributed by atoms with E-state index in [1.54, 1.807) is 47.5 Å². The largest absolute Gasteiger partial charge is 0.439 e. The fraction of sp³-hybridized carbons (Fsp3) is 0.226. The summed E-state index contributed by atoms with van der Waals surface area (Å²) in [5.74, 6) is 0.665. The summed E-state index contributed by atoms with van der Waals surface area (Å²) in [6.07, 6.45) is 3.81. The molecule has 1 amide bonds. The molecule has 1 aromatic heterocycles. The second kappa shape index (κ2) is 13.0. The van der Waals surface area contributed by atoms with E-state index in [0.29, 0.717) is 23.9 Å².